The molecule has 1 aliphatic rings. The molecule has 0 spiro atoms. The van der Waals surface area contributed by atoms with Crippen LogP contribution in [-0.4, -0.2) is 48.0 Å². The van der Waals surface area contributed by atoms with Crippen LogP contribution in [0.1, 0.15) is 34.3 Å². The zero-order chi connectivity index (χ0) is 24.5. The predicted octanol–water partition coefficient (Wildman–Crippen LogP) is 2.32. The van der Waals surface area contributed by atoms with Gasteiger partial charge in [0.25, 0.3) is 5.91 Å². The summed E-state index contributed by atoms with van der Waals surface area (Å²) in [5, 5.41) is 4.19. The van der Waals surface area contributed by atoms with Crippen LogP contribution in [0.3, 0.4) is 0 Å². The molecular formula is C26H33N5O3. The molecule has 1 unspecified atom stereocenters. The quantitative estimate of drug-likeness (QED) is 0.253. The first-order valence-corrected chi connectivity index (χ1v) is 11.3. The highest BCUT2D eigenvalue weighted by Gasteiger charge is 2.37. The van der Waals surface area contributed by atoms with E-state index >= 15 is 0 Å². The van der Waals surface area contributed by atoms with Gasteiger partial charge in [-0.05, 0) is 37.0 Å². The van der Waals surface area contributed by atoms with Crippen LogP contribution in [0.5, 0.6) is 5.75 Å². The van der Waals surface area contributed by atoms with E-state index in [1.165, 1.54) is 5.56 Å². The lowest BCUT2D eigenvalue weighted by Gasteiger charge is -2.26. The number of hydrogen-bond acceptors (Lipinski definition) is 6. The van der Waals surface area contributed by atoms with Crippen LogP contribution in [0.2, 0.25) is 0 Å². The van der Waals surface area contributed by atoms with Crippen molar-refractivity contribution in [1.29, 1.82) is 0 Å². The van der Waals surface area contributed by atoms with Crippen LogP contribution in [0.4, 0.5) is 0 Å². The van der Waals surface area contributed by atoms with Crippen molar-refractivity contribution in [2.45, 2.75) is 31.8 Å². The van der Waals surface area contributed by atoms with Crippen LogP contribution in [0.15, 0.2) is 73.1 Å². The molecule has 0 aliphatic carbocycles. The van der Waals surface area contributed by atoms with Crippen molar-refractivity contribution in [3.05, 3.63) is 89.8 Å². The minimum atomic E-state index is -0.573. The van der Waals surface area contributed by atoms with Gasteiger partial charge in [0.15, 0.2) is 0 Å². The molecule has 0 aromatic heterocycles. The molecule has 2 aromatic rings. The lowest BCUT2D eigenvalue weighted by atomic mass is 10.1. The summed E-state index contributed by atoms with van der Waals surface area (Å²) in [6.45, 7) is 4.75. The summed E-state index contributed by atoms with van der Waals surface area (Å²) in [6, 6.07) is 14.8. The first-order chi connectivity index (χ1) is 16.4. The molecule has 180 valence electrons. The normalized spacial score (nSPS) is 13.9. The Hall–Kier alpha value is -3.78. The fourth-order valence-electron chi connectivity index (χ4n) is 3.96. The van der Waals surface area contributed by atoms with Crippen LogP contribution in [-0.2, 0) is 17.8 Å². The Bertz CT molecular complexity index is 1040. The van der Waals surface area contributed by atoms with Gasteiger partial charge in [-0.2, -0.15) is 0 Å². The highest BCUT2D eigenvalue weighted by Crippen LogP contribution is 2.33. The summed E-state index contributed by atoms with van der Waals surface area (Å²) < 4.78 is 5.95. The third-order valence-corrected chi connectivity index (χ3v) is 5.75. The van der Waals surface area contributed by atoms with E-state index in [0.29, 0.717) is 42.9 Å². The summed E-state index contributed by atoms with van der Waals surface area (Å²) in [5.41, 5.74) is 9.07. The Balaban J connectivity index is 1.64. The number of hydrazine groups is 1. The van der Waals surface area contributed by atoms with Gasteiger partial charge in [-0.1, -0.05) is 42.5 Å². The zero-order valence-corrected chi connectivity index (χ0v) is 19.6. The number of benzene rings is 2. The maximum absolute atomic E-state index is 13.1. The fraction of sp³-hybridized carbons (Fsp3) is 0.308. The molecule has 8 heteroatoms. The lowest BCUT2D eigenvalue weighted by Crippen LogP contribution is -2.46. The zero-order valence-electron chi connectivity index (χ0n) is 19.6. The van der Waals surface area contributed by atoms with Crippen molar-refractivity contribution in [3.63, 3.8) is 0 Å². The second kappa shape index (κ2) is 11.9. The number of ether oxygens (including phenoxy) is 1. The van der Waals surface area contributed by atoms with Crippen molar-refractivity contribution in [2.75, 3.05) is 20.2 Å². The Kier molecular flexibility index (Phi) is 8.70. The molecule has 1 aliphatic heterocycles. The monoisotopic (exact) mass is 463 g/mol. The smallest absolute Gasteiger partial charge is 0.255 e. The lowest BCUT2D eigenvalue weighted by molar-refractivity contribution is -0.125. The number of rotatable bonds is 12. The van der Waals surface area contributed by atoms with Crippen molar-refractivity contribution in [3.8, 4) is 5.75 Å². The summed E-state index contributed by atoms with van der Waals surface area (Å²) in [6.07, 6.45) is 5.33. The van der Waals surface area contributed by atoms with E-state index in [2.05, 4.69) is 24.0 Å². The largest absolute Gasteiger partial charge is 0.487 e. The van der Waals surface area contributed by atoms with E-state index in [1.807, 2.05) is 18.2 Å². The maximum atomic E-state index is 13.1. The summed E-state index contributed by atoms with van der Waals surface area (Å²) in [4.78, 5) is 27.1. The molecule has 8 nitrogen and oxygen atoms in total. The summed E-state index contributed by atoms with van der Waals surface area (Å²) in [5.74, 6) is 6.24. The number of nitrogens with zero attached hydrogens (tertiary/aromatic N) is 2. The molecular weight excluding hydrogens is 430 g/mol. The molecule has 0 radical (unpaired) electrons. The molecule has 34 heavy (non-hydrogen) atoms. The number of hydrogen-bond donors (Lipinski definition) is 3. The molecule has 1 heterocycles. The minimum absolute atomic E-state index is 0.124. The van der Waals surface area contributed by atoms with Crippen LogP contribution in [0, 0.1) is 0 Å². The van der Waals surface area contributed by atoms with Crippen LogP contribution < -0.4 is 21.6 Å². The van der Waals surface area contributed by atoms with E-state index in [1.54, 1.807) is 47.4 Å². The number of amides is 2. The third-order valence-electron chi connectivity index (χ3n) is 5.75. The van der Waals surface area contributed by atoms with Gasteiger partial charge in [-0.15, -0.1) is 6.58 Å². The van der Waals surface area contributed by atoms with E-state index < -0.39 is 6.04 Å². The number of carbonyl (C=O) groups is 2. The van der Waals surface area contributed by atoms with Gasteiger partial charge in [0.2, 0.25) is 5.91 Å². The summed E-state index contributed by atoms with van der Waals surface area (Å²) in [7, 11) is 1.57. The summed E-state index contributed by atoms with van der Waals surface area (Å²) >= 11 is 0. The Morgan fingerprint density at radius 2 is 2.03 bits per heavy atom. The van der Waals surface area contributed by atoms with Gasteiger partial charge < -0.3 is 25.7 Å². The van der Waals surface area contributed by atoms with Crippen molar-refractivity contribution < 1.29 is 14.3 Å². The van der Waals surface area contributed by atoms with Crippen LogP contribution in [0.25, 0.3) is 0 Å². The molecule has 2 amide bonds. The Labute approximate surface area is 200 Å². The molecule has 0 bridgehead atoms. The maximum Gasteiger partial charge on any atom is 0.255 e. The Morgan fingerprint density at radius 1 is 1.26 bits per heavy atom. The molecule has 0 saturated heterocycles. The van der Waals surface area contributed by atoms with Crippen molar-refractivity contribution >= 4 is 11.8 Å². The first kappa shape index (κ1) is 24.9. The highest BCUT2D eigenvalue weighted by atomic mass is 16.5. The van der Waals surface area contributed by atoms with Crippen LogP contribution >= 0.6 is 0 Å². The SMILES string of the molecule is C=CCCC(C(=O)NC)N1Cc2c(OC/C(N)=C/N(N)CCc3ccccc3)cccc2C1=O. The van der Waals surface area contributed by atoms with Gasteiger partial charge in [-0.3, -0.25) is 9.59 Å². The predicted molar refractivity (Wildman–Crippen MR) is 132 cm³/mol. The average Bonchev–Trinajstić information content (AvgIpc) is 3.19. The number of fused-ring (bicyclic) bond motifs is 1. The minimum Gasteiger partial charge on any atom is -0.487 e. The number of nitrogens with two attached hydrogens (primary N) is 2. The first-order valence-electron chi connectivity index (χ1n) is 11.3. The van der Waals surface area contributed by atoms with E-state index in [4.69, 9.17) is 16.3 Å². The molecule has 0 fully saturated rings. The number of nitrogens with one attached hydrogen (secondary N) is 1. The molecule has 0 saturated carbocycles. The molecule has 1 atom stereocenters. The van der Waals surface area contributed by atoms with Gasteiger partial charge in [0.1, 0.15) is 18.4 Å². The fourth-order valence-corrected chi connectivity index (χ4v) is 3.96. The molecule has 5 N–H and O–H groups in total. The number of allylic oxidation sites excluding steroid dienone is 1. The second-order valence-corrected chi connectivity index (χ2v) is 8.18. The van der Waals surface area contributed by atoms with Crippen molar-refractivity contribution in [1.82, 2.24) is 15.2 Å². The van der Waals surface area contributed by atoms with E-state index in [-0.39, 0.29) is 18.4 Å². The average molecular weight is 464 g/mol. The standard InChI is InChI=1S/C26H33N5O3/c1-3-4-12-23(25(32)29-2)31-17-22-21(26(31)33)11-8-13-24(22)34-18-20(27)16-30(28)15-14-19-9-6-5-7-10-19/h3,5-11,13,16,23H,1,4,12,14-15,17-18,27-28H2,2H3,(H,29,32)/b20-16-. The third kappa shape index (κ3) is 6.17. The highest BCUT2D eigenvalue weighted by molar-refractivity contribution is 6.01. The van der Waals surface area contributed by atoms with Gasteiger partial charge in [0.05, 0.1) is 12.2 Å². The van der Waals surface area contributed by atoms with Gasteiger partial charge >= 0.3 is 0 Å². The number of likely N-dealkylation sites (N-methyl/N-ethyl adjacent to an activating group) is 1. The molecule has 2 aromatic carbocycles. The Morgan fingerprint density at radius 3 is 2.74 bits per heavy atom. The van der Waals surface area contributed by atoms with E-state index in [9.17, 15) is 9.59 Å². The number of carbonyl (C=O) groups excluding carboxylic acids is 2. The van der Waals surface area contributed by atoms with Gasteiger partial charge in [0, 0.05) is 30.9 Å². The van der Waals surface area contributed by atoms with E-state index in [0.717, 1.165) is 12.0 Å². The second-order valence-electron chi connectivity index (χ2n) is 8.18. The van der Waals surface area contributed by atoms with Crippen molar-refractivity contribution in [2.24, 2.45) is 11.6 Å². The molecule has 3 rings (SSSR count). The topological polar surface area (TPSA) is 114 Å². The van der Waals surface area contributed by atoms with Gasteiger partial charge in [-0.25, -0.2) is 5.84 Å².